The Balaban J connectivity index is 2.80. The van der Waals surface area contributed by atoms with Crippen LogP contribution in [0.25, 0.3) is 0 Å². The summed E-state index contributed by atoms with van der Waals surface area (Å²) in [7, 11) is 0. The normalized spacial score (nSPS) is 19.5. The third kappa shape index (κ3) is 2.88. The Hall–Kier alpha value is -1.19. The monoisotopic (exact) mass is 211 g/mol. The first-order chi connectivity index (χ1) is 7.20. The van der Waals surface area contributed by atoms with Gasteiger partial charge in [0.2, 0.25) is 0 Å². The van der Waals surface area contributed by atoms with E-state index in [-0.39, 0.29) is 11.6 Å². The van der Waals surface area contributed by atoms with Crippen molar-refractivity contribution in [3.05, 3.63) is 0 Å². The van der Waals surface area contributed by atoms with Crippen molar-refractivity contribution in [2.24, 2.45) is 11.1 Å². The summed E-state index contributed by atoms with van der Waals surface area (Å²) in [4.78, 5) is 28.1. The Morgan fingerprint density at radius 3 is 2.40 bits per heavy atom. The summed E-state index contributed by atoms with van der Waals surface area (Å²) in [5, 5.41) is 3.86. The van der Waals surface area contributed by atoms with Gasteiger partial charge in [-0.2, -0.15) is 0 Å². The maximum absolute atomic E-state index is 11.6. The van der Waals surface area contributed by atoms with Crippen molar-refractivity contribution in [2.75, 3.05) is 6.61 Å². The number of carbonyl (C=O) groups is 2. The predicted octanol–water partition coefficient (Wildman–Crippen LogP) is 1.73. The fourth-order valence-electron chi connectivity index (χ4n) is 1.75. The summed E-state index contributed by atoms with van der Waals surface area (Å²) in [5.74, 6) is -0.645. The molecule has 0 bridgehead atoms. The molecule has 1 aliphatic rings. The maximum atomic E-state index is 11.6. The second kappa shape index (κ2) is 5.63. The molecule has 1 saturated carbocycles. The van der Waals surface area contributed by atoms with E-state index in [1.165, 1.54) is 0 Å². The summed E-state index contributed by atoms with van der Waals surface area (Å²) >= 11 is 0. The van der Waals surface area contributed by atoms with Gasteiger partial charge < -0.3 is 4.84 Å². The lowest BCUT2D eigenvalue weighted by Gasteiger charge is -2.19. The van der Waals surface area contributed by atoms with E-state index >= 15 is 0 Å². The number of rotatable bonds is 4. The number of carbonyl (C=O) groups excluding carboxylic acids is 2. The highest BCUT2D eigenvalue weighted by atomic mass is 16.6. The van der Waals surface area contributed by atoms with Crippen LogP contribution in [0.15, 0.2) is 5.16 Å². The molecule has 0 spiro atoms. The number of Topliss-reactive ketones (excluding diaryl/α,β-unsaturated/α-hetero) is 2. The van der Waals surface area contributed by atoms with E-state index in [9.17, 15) is 9.59 Å². The molecule has 0 saturated heterocycles. The first-order valence-corrected chi connectivity index (χ1v) is 5.44. The van der Waals surface area contributed by atoms with Crippen LogP contribution in [0.2, 0.25) is 0 Å². The first kappa shape index (κ1) is 11.9. The number of oxime groups is 1. The maximum Gasteiger partial charge on any atom is 0.149 e. The van der Waals surface area contributed by atoms with Gasteiger partial charge in [-0.05, 0) is 19.8 Å². The van der Waals surface area contributed by atoms with Crippen molar-refractivity contribution < 1.29 is 14.4 Å². The SMILES string of the molecule is CCON=C(CC)C1C(=O)CCCC1=O. The van der Waals surface area contributed by atoms with Crippen molar-refractivity contribution in [2.45, 2.75) is 39.5 Å². The van der Waals surface area contributed by atoms with Gasteiger partial charge in [0.15, 0.2) is 0 Å². The molecule has 1 aliphatic carbocycles. The number of hydrogen-bond acceptors (Lipinski definition) is 4. The van der Waals surface area contributed by atoms with Crippen LogP contribution >= 0.6 is 0 Å². The molecule has 84 valence electrons. The molecule has 0 aliphatic heterocycles. The molecule has 0 N–H and O–H groups in total. The summed E-state index contributed by atoms with van der Waals surface area (Å²) in [5.41, 5.74) is 0.576. The molecule has 0 radical (unpaired) electrons. The minimum absolute atomic E-state index is 0.00782. The van der Waals surface area contributed by atoms with Gasteiger partial charge in [0.05, 0.1) is 5.71 Å². The Morgan fingerprint density at radius 1 is 1.33 bits per heavy atom. The van der Waals surface area contributed by atoms with E-state index in [4.69, 9.17) is 4.84 Å². The molecule has 0 aromatic heterocycles. The van der Waals surface area contributed by atoms with Crippen LogP contribution in [-0.4, -0.2) is 23.9 Å². The van der Waals surface area contributed by atoms with Gasteiger partial charge in [-0.15, -0.1) is 0 Å². The smallest absolute Gasteiger partial charge is 0.149 e. The fraction of sp³-hybridized carbons (Fsp3) is 0.727. The molecular weight excluding hydrogens is 194 g/mol. The minimum atomic E-state index is -0.629. The highest BCUT2D eigenvalue weighted by Gasteiger charge is 2.33. The average Bonchev–Trinajstić information content (AvgIpc) is 2.22. The van der Waals surface area contributed by atoms with Crippen LogP contribution in [0, 0.1) is 5.92 Å². The lowest BCUT2D eigenvalue weighted by Crippen LogP contribution is -2.35. The molecule has 4 heteroatoms. The summed E-state index contributed by atoms with van der Waals surface area (Å²) < 4.78 is 0. The Morgan fingerprint density at radius 2 is 1.93 bits per heavy atom. The minimum Gasteiger partial charge on any atom is -0.396 e. The largest absolute Gasteiger partial charge is 0.396 e. The molecular formula is C11H17NO3. The van der Waals surface area contributed by atoms with Crippen molar-refractivity contribution in [1.29, 1.82) is 0 Å². The van der Waals surface area contributed by atoms with Crippen LogP contribution in [0.1, 0.15) is 39.5 Å². The van der Waals surface area contributed by atoms with E-state index < -0.39 is 5.92 Å². The van der Waals surface area contributed by atoms with E-state index in [2.05, 4.69) is 5.16 Å². The highest BCUT2D eigenvalue weighted by molar-refractivity contribution is 6.21. The zero-order valence-electron chi connectivity index (χ0n) is 9.28. The zero-order chi connectivity index (χ0) is 11.3. The molecule has 0 unspecified atom stereocenters. The Kier molecular flexibility index (Phi) is 4.46. The molecule has 4 nitrogen and oxygen atoms in total. The first-order valence-electron chi connectivity index (χ1n) is 5.44. The fourth-order valence-corrected chi connectivity index (χ4v) is 1.75. The summed E-state index contributed by atoms with van der Waals surface area (Å²) in [6, 6.07) is 0. The van der Waals surface area contributed by atoms with Gasteiger partial charge in [-0.1, -0.05) is 12.1 Å². The van der Waals surface area contributed by atoms with Crippen LogP contribution in [0.4, 0.5) is 0 Å². The molecule has 0 heterocycles. The van der Waals surface area contributed by atoms with E-state index in [0.29, 0.717) is 38.0 Å². The second-order valence-corrected chi connectivity index (χ2v) is 3.57. The van der Waals surface area contributed by atoms with Gasteiger partial charge in [0.25, 0.3) is 0 Å². The van der Waals surface area contributed by atoms with E-state index in [0.717, 1.165) is 0 Å². The molecule has 0 amide bonds. The molecule has 0 aromatic rings. The number of nitrogens with zero attached hydrogens (tertiary/aromatic N) is 1. The number of hydrogen-bond donors (Lipinski definition) is 0. The highest BCUT2D eigenvalue weighted by Crippen LogP contribution is 2.20. The Labute approximate surface area is 89.7 Å². The van der Waals surface area contributed by atoms with Crippen LogP contribution < -0.4 is 0 Å². The van der Waals surface area contributed by atoms with Gasteiger partial charge in [0.1, 0.15) is 24.1 Å². The molecule has 0 atom stereocenters. The van der Waals surface area contributed by atoms with Crippen LogP contribution in [0.5, 0.6) is 0 Å². The van der Waals surface area contributed by atoms with Crippen molar-refractivity contribution in [1.82, 2.24) is 0 Å². The Bertz CT molecular complexity index is 268. The average molecular weight is 211 g/mol. The standard InChI is InChI=1S/C11H17NO3/c1-3-8(12-15-4-2)11-9(13)6-5-7-10(11)14/h11H,3-7H2,1-2H3. The summed E-state index contributed by atoms with van der Waals surface area (Å²) in [6.07, 6.45) is 2.24. The van der Waals surface area contributed by atoms with Gasteiger partial charge in [-0.25, -0.2) is 0 Å². The molecule has 15 heavy (non-hydrogen) atoms. The van der Waals surface area contributed by atoms with Gasteiger partial charge >= 0.3 is 0 Å². The predicted molar refractivity (Wildman–Crippen MR) is 56.7 cm³/mol. The lowest BCUT2D eigenvalue weighted by atomic mass is 9.82. The third-order valence-corrected chi connectivity index (χ3v) is 2.50. The quantitative estimate of drug-likeness (QED) is 0.404. The topological polar surface area (TPSA) is 55.7 Å². The molecule has 0 aromatic carbocycles. The molecule has 1 rings (SSSR count). The van der Waals surface area contributed by atoms with Crippen LogP contribution in [-0.2, 0) is 14.4 Å². The van der Waals surface area contributed by atoms with E-state index in [1.54, 1.807) is 0 Å². The number of ketones is 2. The van der Waals surface area contributed by atoms with Gasteiger partial charge in [-0.3, -0.25) is 9.59 Å². The van der Waals surface area contributed by atoms with Gasteiger partial charge in [0, 0.05) is 12.8 Å². The molecule has 1 fully saturated rings. The van der Waals surface area contributed by atoms with Crippen molar-refractivity contribution in [3.63, 3.8) is 0 Å². The zero-order valence-corrected chi connectivity index (χ0v) is 9.28. The third-order valence-electron chi connectivity index (χ3n) is 2.50. The van der Waals surface area contributed by atoms with Crippen molar-refractivity contribution in [3.8, 4) is 0 Å². The lowest BCUT2D eigenvalue weighted by molar-refractivity contribution is -0.132. The van der Waals surface area contributed by atoms with E-state index in [1.807, 2.05) is 13.8 Å². The van der Waals surface area contributed by atoms with Crippen LogP contribution in [0.3, 0.4) is 0 Å². The second-order valence-electron chi connectivity index (χ2n) is 3.57. The summed E-state index contributed by atoms with van der Waals surface area (Å²) in [6.45, 7) is 4.16. The van der Waals surface area contributed by atoms with Crippen molar-refractivity contribution >= 4 is 17.3 Å².